The molecule has 0 saturated carbocycles. The van der Waals surface area contributed by atoms with Crippen molar-refractivity contribution in [2.24, 2.45) is 28.1 Å². The average Bonchev–Trinajstić information content (AvgIpc) is 3.87. The van der Waals surface area contributed by atoms with Gasteiger partial charge in [0.1, 0.15) is 48.5 Å². The van der Waals surface area contributed by atoms with Crippen LogP contribution >= 0.6 is 0 Å². The summed E-state index contributed by atoms with van der Waals surface area (Å²) in [5.41, 5.74) is 19.2. The lowest BCUT2D eigenvalue weighted by atomic mass is 9.98. The zero-order chi connectivity index (χ0) is 54.3. The Morgan fingerprint density at radius 1 is 0.770 bits per heavy atom. The highest BCUT2D eigenvalue weighted by Crippen LogP contribution is 2.22. The van der Waals surface area contributed by atoms with Crippen molar-refractivity contribution in [2.75, 3.05) is 26.7 Å². The molecular weight excluding hydrogens is 953 g/mol. The number of guanidine groups is 1. The molecule has 22 heteroatoms. The molecule has 13 N–H and O–H groups in total. The minimum Gasteiger partial charge on any atom is -0.508 e. The molecule has 402 valence electrons. The van der Waals surface area contributed by atoms with Gasteiger partial charge in [-0.15, -0.1) is 0 Å². The zero-order valence-corrected chi connectivity index (χ0v) is 42.7. The fourth-order valence-corrected chi connectivity index (χ4v) is 8.60. The number of aromatic nitrogens is 1. The summed E-state index contributed by atoms with van der Waals surface area (Å²) >= 11 is 0. The molecule has 0 spiro atoms. The normalized spacial score (nSPS) is 15.5. The number of nitrogens with zero attached hydrogens (tertiary/aromatic N) is 4. The lowest BCUT2D eigenvalue weighted by molar-refractivity contribution is -0.144. The number of likely N-dealkylation sites (tertiary alicyclic amines) is 1. The second-order valence-electron chi connectivity index (χ2n) is 19.0. The molecule has 0 radical (unpaired) electrons. The van der Waals surface area contributed by atoms with E-state index in [1.165, 1.54) is 29.0 Å². The quantitative estimate of drug-likeness (QED) is 0.0256. The molecule has 3 aromatic rings. The number of carbonyl (C=O) groups is 8. The molecule has 1 fully saturated rings. The number of pyridine rings is 1. The van der Waals surface area contributed by atoms with Gasteiger partial charge in [0.05, 0.1) is 6.04 Å². The molecule has 1 aliphatic rings. The fraction of sp³-hybridized carbons (Fsp3) is 0.500. The van der Waals surface area contributed by atoms with Crippen molar-refractivity contribution in [2.45, 2.75) is 134 Å². The van der Waals surface area contributed by atoms with Crippen LogP contribution in [-0.2, 0) is 57.6 Å². The predicted octanol–water partition coefficient (Wildman–Crippen LogP) is 0.390. The predicted molar refractivity (Wildman–Crippen MR) is 276 cm³/mol. The number of carbonyl (C=O) groups excluding carboxylic acids is 7. The van der Waals surface area contributed by atoms with E-state index < -0.39 is 96.2 Å². The van der Waals surface area contributed by atoms with Crippen LogP contribution in [0.2, 0.25) is 0 Å². The van der Waals surface area contributed by atoms with E-state index in [2.05, 4.69) is 36.6 Å². The Morgan fingerprint density at radius 2 is 1.39 bits per heavy atom. The first-order chi connectivity index (χ1) is 35.3. The summed E-state index contributed by atoms with van der Waals surface area (Å²) < 4.78 is 0. The largest absolute Gasteiger partial charge is 0.508 e. The number of unbranched alkanes of at least 4 members (excludes halogenated alkanes) is 1. The lowest BCUT2D eigenvalue weighted by Gasteiger charge is -2.34. The molecule has 0 unspecified atom stereocenters. The van der Waals surface area contributed by atoms with Gasteiger partial charge < -0.3 is 63.8 Å². The Labute approximate surface area is 432 Å². The van der Waals surface area contributed by atoms with Crippen molar-refractivity contribution >= 4 is 53.3 Å². The smallest absolute Gasteiger partial charge is 0.322 e. The third-order valence-corrected chi connectivity index (χ3v) is 12.5. The van der Waals surface area contributed by atoms with E-state index in [9.17, 15) is 43.5 Å². The molecule has 0 aliphatic carbocycles. The van der Waals surface area contributed by atoms with Gasteiger partial charge in [0.25, 0.3) is 0 Å². The number of hydrogen-bond acceptors (Lipinski definition) is 12. The van der Waals surface area contributed by atoms with Crippen molar-refractivity contribution in [3.63, 3.8) is 0 Å². The first-order valence-electron chi connectivity index (χ1n) is 25.1. The van der Waals surface area contributed by atoms with Gasteiger partial charge in [-0.3, -0.25) is 48.3 Å². The topological polar surface area (TPSA) is 347 Å². The number of aliphatic imine (C=N–C) groups is 1. The summed E-state index contributed by atoms with van der Waals surface area (Å²) in [5.74, 6) is -6.01. The zero-order valence-electron chi connectivity index (χ0n) is 42.7. The molecule has 7 atom stereocenters. The Kier molecular flexibility index (Phi) is 23.7. The van der Waals surface area contributed by atoms with E-state index in [4.69, 9.17) is 22.3 Å². The minimum atomic E-state index is -1.29. The van der Waals surface area contributed by atoms with Crippen molar-refractivity contribution < 1.29 is 48.6 Å². The second-order valence-corrected chi connectivity index (χ2v) is 19.0. The van der Waals surface area contributed by atoms with E-state index in [0.29, 0.717) is 30.4 Å². The van der Waals surface area contributed by atoms with Crippen molar-refractivity contribution in [1.82, 2.24) is 41.4 Å². The lowest BCUT2D eigenvalue weighted by Crippen LogP contribution is -2.60. The van der Waals surface area contributed by atoms with Crippen LogP contribution in [0.3, 0.4) is 0 Å². The molecular formula is C52H74N12O10. The second kappa shape index (κ2) is 29.8. The van der Waals surface area contributed by atoms with Crippen LogP contribution in [0, 0.1) is 5.92 Å². The number of aliphatic carboxylic acids is 1. The highest BCUT2D eigenvalue weighted by Gasteiger charge is 2.40. The summed E-state index contributed by atoms with van der Waals surface area (Å²) in [4.78, 5) is 121. The number of nitrogens with two attached hydrogens (primary N) is 3. The molecule has 1 aliphatic heterocycles. The number of likely N-dealkylation sites (N-methyl/N-ethyl adjacent to an activating group) is 1. The Morgan fingerprint density at radius 3 is 2.03 bits per heavy atom. The highest BCUT2D eigenvalue weighted by molar-refractivity contribution is 5.98. The molecule has 4 rings (SSSR count). The van der Waals surface area contributed by atoms with Gasteiger partial charge in [-0.25, -0.2) is 0 Å². The molecule has 74 heavy (non-hydrogen) atoms. The third kappa shape index (κ3) is 19.1. The number of carboxylic acids is 1. The monoisotopic (exact) mass is 1030 g/mol. The standard InChI is InChI=1S/C52H74N12O10/c1-5-6-16-39(60-49(72)43(26-32(2)3)63(4)50(73)40(28-33-13-8-7-9-14-33)61-45(68)37(53)27-34-19-21-36(65)22-20-34)47(70)62-41(29-35-15-10-23-56-30-35)51(74)64-25-12-18-42(64)48(71)59-38(17-11-24-57-52(54)55)46(69)58-31-44(66)67/h7-10,13-15,19-23,30,32,37-43,65H,5-6,11-12,16-18,24-29,31,53H2,1-4H3,(H,58,69)(H,59,71)(H,60,72)(H,61,68)(H,62,70)(H,66,67)(H4,54,55,57)/t37-,38-,39-,40-,41-,42-,43-/m0/s1. The number of rotatable bonds is 29. The van der Waals surface area contributed by atoms with Gasteiger partial charge in [0.15, 0.2) is 5.96 Å². The van der Waals surface area contributed by atoms with Crippen LogP contribution in [0.4, 0.5) is 0 Å². The first kappa shape index (κ1) is 58.9. The van der Waals surface area contributed by atoms with E-state index in [-0.39, 0.29) is 82.1 Å². The number of amides is 7. The first-order valence-corrected chi connectivity index (χ1v) is 25.1. The molecule has 1 aromatic heterocycles. The molecule has 2 aromatic carbocycles. The van der Waals surface area contributed by atoms with Crippen LogP contribution in [0.1, 0.15) is 88.8 Å². The van der Waals surface area contributed by atoms with Crippen LogP contribution in [0.5, 0.6) is 5.75 Å². The van der Waals surface area contributed by atoms with E-state index >= 15 is 0 Å². The number of nitrogens with one attached hydrogen (secondary N) is 5. The molecule has 2 heterocycles. The van der Waals surface area contributed by atoms with Crippen molar-refractivity contribution in [1.29, 1.82) is 0 Å². The summed E-state index contributed by atoms with van der Waals surface area (Å²) in [6, 6.07) is 10.7. The van der Waals surface area contributed by atoms with Crippen LogP contribution in [0.15, 0.2) is 84.1 Å². The van der Waals surface area contributed by atoms with Crippen molar-refractivity contribution in [3.05, 3.63) is 95.8 Å². The van der Waals surface area contributed by atoms with Gasteiger partial charge in [-0.1, -0.05) is 82.1 Å². The van der Waals surface area contributed by atoms with E-state index in [1.807, 2.05) is 39.0 Å². The molecule has 1 saturated heterocycles. The Bertz CT molecular complexity index is 2370. The maximum atomic E-state index is 14.7. The number of phenolic OH excluding ortho intramolecular Hbond substituents is 1. The van der Waals surface area contributed by atoms with Crippen LogP contribution in [-0.4, -0.2) is 147 Å². The van der Waals surface area contributed by atoms with Gasteiger partial charge in [0, 0.05) is 45.4 Å². The van der Waals surface area contributed by atoms with Gasteiger partial charge >= 0.3 is 5.97 Å². The molecule has 22 nitrogen and oxygen atoms in total. The molecule has 7 amide bonds. The van der Waals surface area contributed by atoms with Crippen molar-refractivity contribution in [3.8, 4) is 5.75 Å². The van der Waals surface area contributed by atoms with E-state index in [0.717, 1.165) is 5.56 Å². The van der Waals surface area contributed by atoms with Gasteiger partial charge in [-0.2, -0.15) is 0 Å². The SMILES string of the molecule is CCCC[C@H](NC(=O)[C@H](CC(C)C)N(C)C(=O)[C@H](Cc1ccccc1)NC(=O)[C@@H](N)Cc1ccc(O)cc1)C(=O)N[C@@H](Cc1cccnc1)C(=O)N1CCC[C@H]1C(=O)N[C@@H](CCCN=C(N)N)C(=O)NCC(=O)O. The molecule has 0 bridgehead atoms. The highest BCUT2D eigenvalue weighted by atomic mass is 16.4. The van der Waals surface area contributed by atoms with Crippen LogP contribution in [0.25, 0.3) is 0 Å². The minimum absolute atomic E-state index is 0.0386. The average molecular weight is 1030 g/mol. The van der Waals surface area contributed by atoms with Crippen LogP contribution < -0.4 is 43.8 Å². The fourth-order valence-electron chi connectivity index (χ4n) is 8.60. The summed E-state index contributed by atoms with van der Waals surface area (Å²) in [6.07, 6.45) is 5.70. The Balaban J connectivity index is 1.58. The summed E-state index contributed by atoms with van der Waals surface area (Å²) in [5, 5.41) is 32.4. The number of benzene rings is 2. The number of carboxylic acid groups (broad SMARTS) is 1. The summed E-state index contributed by atoms with van der Waals surface area (Å²) in [6.45, 7) is 5.27. The third-order valence-electron chi connectivity index (χ3n) is 12.5. The maximum Gasteiger partial charge on any atom is 0.322 e. The van der Waals surface area contributed by atoms with Gasteiger partial charge in [-0.05, 0) is 85.8 Å². The number of phenols is 1. The number of hydrogen-bond donors (Lipinski definition) is 10. The maximum absolute atomic E-state index is 14.7. The number of aromatic hydroxyl groups is 1. The Hall–Kier alpha value is -7.62. The van der Waals surface area contributed by atoms with Gasteiger partial charge in [0.2, 0.25) is 41.4 Å². The summed E-state index contributed by atoms with van der Waals surface area (Å²) in [7, 11) is 1.47. The van der Waals surface area contributed by atoms with E-state index in [1.54, 1.807) is 48.8 Å².